The molecule has 0 heterocycles. The lowest BCUT2D eigenvalue weighted by atomic mass is 10.2. The molecule has 0 spiro atoms. The van der Waals surface area contributed by atoms with Crippen molar-refractivity contribution in [1.82, 2.24) is 0 Å². The molecule has 1 nitrogen and oxygen atoms in total. The summed E-state index contributed by atoms with van der Waals surface area (Å²) in [6.07, 6.45) is 17.1. The summed E-state index contributed by atoms with van der Waals surface area (Å²) in [4.78, 5) is 0. The highest BCUT2D eigenvalue weighted by Gasteiger charge is 2.31. The van der Waals surface area contributed by atoms with Crippen molar-refractivity contribution in [1.29, 1.82) is 0 Å². The van der Waals surface area contributed by atoms with Gasteiger partial charge < -0.3 is 4.12 Å². The summed E-state index contributed by atoms with van der Waals surface area (Å²) in [5, 5.41) is 0. The number of allylic oxidation sites excluding steroid dienone is 4. The van der Waals surface area contributed by atoms with E-state index in [0.29, 0.717) is 0 Å². The van der Waals surface area contributed by atoms with Gasteiger partial charge in [-0.1, -0.05) is 63.8 Å². The van der Waals surface area contributed by atoms with Crippen LogP contribution in [0.3, 0.4) is 0 Å². The minimum absolute atomic E-state index is 1.16. The molecule has 0 N–H and O–H groups in total. The van der Waals surface area contributed by atoms with Crippen molar-refractivity contribution in [2.45, 2.75) is 90.6 Å². The summed E-state index contributed by atoms with van der Waals surface area (Å²) < 4.78 is 6.61. The van der Waals surface area contributed by atoms with Crippen molar-refractivity contribution in [3.05, 3.63) is 24.3 Å². The van der Waals surface area contributed by atoms with Gasteiger partial charge in [0.1, 0.15) is 0 Å². The minimum atomic E-state index is -1.53. The van der Waals surface area contributed by atoms with E-state index in [1.54, 1.807) is 0 Å². The summed E-state index contributed by atoms with van der Waals surface area (Å²) in [6.45, 7) is 14.0. The summed E-state index contributed by atoms with van der Waals surface area (Å²) in [5.74, 6) is 0. The molecular formula is C18H38OSi2. The Morgan fingerprint density at radius 2 is 1.05 bits per heavy atom. The fourth-order valence-electron chi connectivity index (χ4n) is 2.45. The minimum Gasteiger partial charge on any atom is -0.455 e. The van der Waals surface area contributed by atoms with Gasteiger partial charge in [-0.15, -0.1) is 0 Å². The molecule has 0 aliphatic rings. The zero-order valence-electron chi connectivity index (χ0n) is 15.4. The van der Waals surface area contributed by atoms with E-state index in [2.05, 4.69) is 64.3 Å². The third kappa shape index (κ3) is 13.3. The van der Waals surface area contributed by atoms with Crippen LogP contribution in [0.1, 0.15) is 52.4 Å². The third-order valence-electron chi connectivity index (χ3n) is 3.55. The van der Waals surface area contributed by atoms with Crippen LogP contribution in [0, 0.1) is 0 Å². The standard InChI is InChI=1S/C18H38OSi2/c1-7-9-11-13-15-17-20(3,4)19-21(5,6)18-16-14-12-10-8-2/h13-16H,7-12,17-18H2,1-6H3/b15-13+,16-14+. The highest BCUT2D eigenvalue weighted by Crippen LogP contribution is 2.22. The first-order chi connectivity index (χ1) is 9.83. The molecule has 0 saturated heterocycles. The molecule has 0 aromatic heterocycles. The molecular weight excluding hydrogens is 288 g/mol. The van der Waals surface area contributed by atoms with E-state index in [-0.39, 0.29) is 0 Å². The SMILES string of the molecule is CCCC/C=C/C[Si](C)(C)O[Si](C)(C)C/C=C/CCCC. The average Bonchev–Trinajstić information content (AvgIpc) is 2.36. The molecule has 0 fully saturated rings. The Bertz CT molecular complexity index is 276. The molecule has 3 heteroatoms. The molecule has 0 aromatic carbocycles. The van der Waals surface area contributed by atoms with E-state index in [4.69, 9.17) is 4.12 Å². The maximum atomic E-state index is 6.61. The predicted octanol–water partition coefficient (Wildman–Crippen LogP) is 6.91. The van der Waals surface area contributed by atoms with Gasteiger partial charge in [-0.25, -0.2) is 0 Å². The van der Waals surface area contributed by atoms with E-state index >= 15 is 0 Å². The number of rotatable bonds is 12. The van der Waals surface area contributed by atoms with Gasteiger partial charge in [0.25, 0.3) is 0 Å². The lowest BCUT2D eigenvalue weighted by molar-refractivity contribution is 0.548. The van der Waals surface area contributed by atoms with Gasteiger partial charge in [0.05, 0.1) is 0 Å². The summed E-state index contributed by atoms with van der Waals surface area (Å²) in [5.41, 5.74) is 0. The molecule has 0 rings (SSSR count). The van der Waals surface area contributed by atoms with Crippen molar-refractivity contribution in [3.8, 4) is 0 Å². The Kier molecular flexibility index (Phi) is 11.4. The second kappa shape index (κ2) is 11.4. The van der Waals surface area contributed by atoms with Gasteiger partial charge in [0, 0.05) is 0 Å². The molecule has 0 bridgehead atoms. The highest BCUT2D eigenvalue weighted by molar-refractivity contribution is 6.85. The van der Waals surface area contributed by atoms with Gasteiger partial charge in [0.15, 0.2) is 16.6 Å². The first-order valence-electron chi connectivity index (χ1n) is 8.83. The smallest absolute Gasteiger partial charge is 0.177 e. The van der Waals surface area contributed by atoms with Crippen molar-refractivity contribution in [3.63, 3.8) is 0 Å². The van der Waals surface area contributed by atoms with Crippen LogP contribution in [0.5, 0.6) is 0 Å². The Morgan fingerprint density at radius 1 is 0.667 bits per heavy atom. The Labute approximate surface area is 136 Å². The van der Waals surface area contributed by atoms with Crippen LogP contribution in [-0.2, 0) is 4.12 Å². The molecule has 0 atom stereocenters. The zero-order chi connectivity index (χ0) is 16.2. The molecule has 124 valence electrons. The first-order valence-corrected chi connectivity index (χ1v) is 15.1. The number of hydrogen-bond donors (Lipinski definition) is 0. The highest BCUT2D eigenvalue weighted by atomic mass is 28.4. The quantitative estimate of drug-likeness (QED) is 0.215. The lowest BCUT2D eigenvalue weighted by Crippen LogP contribution is -2.43. The average molecular weight is 327 g/mol. The molecule has 0 amide bonds. The maximum absolute atomic E-state index is 6.61. The molecule has 0 aliphatic carbocycles. The Hall–Kier alpha value is -0.126. The first kappa shape index (κ1) is 20.9. The molecule has 0 aliphatic heterocycles. The van der Waals surface area contributed by atoms with Gasteiger partial charge in [0.2, 0.25) is 0 Å². The lowest BCUT2D eigenvalue weighted by Gasteiger charge is -2.32. The van der Waals surface area contributed by atoms with Crippen LogP contribution in [0.2, 0.25) is 38.3 Å². The Morgan fingerprint density at radius 3 is 1.38 bits per heavy atom. The van der Waals surface area contributed by atoms with Crippen LogP contribution in [0.15, 0.2) is 24.3 Å². The van der Waals surface area contributed by atoms with E-state index in [0.717, 1.165) is 12.1 Å². The fourth-order valence-corrected chi connectivity index (χ4v) is 10.6. The van der Waals surface area contributed by atoms with Crippen LogP contribution in [0.25, 0.3) is 0 Å². The van der Waals surface area contributed by atoms with Crippen LogP contribution in [-0.4, -0.2) is 16.6 Å². The number of hydrogen-bond acceptors (Lipinski definition) is 1. The van der Waals surface area contributed by atoms with E-state index < -0.39 is 16.6 Å². The van der Waals surface area contributed by atoms with Crippen molar-refractivity contribution in [2.75, 3.05) is 0 Å². The fraction of sp³-hybridized carbons (Fsp3) is 0.778. The third-order valence-corrected chi connectivity index (χ3v) is 10.4. The van der Waals surface area contributed by atoms with Crippen LogP contribution in [0.4, 0.5) is 0 Å². The maximum Gasteiger partial charge on any atom is 0.177 e. The molecule has 0 radical (unpaired) electrons. The van der Waals surface area contributed by atoms with Gasteiger partial charge in [-0.3, -0.25) is 0 Å². The zero-order valence-corrected chi connectivity index (χ0v) is 17.4. The van der Waals surface area contributed by atoms with Crippen LogP contribution >= 0.6 is 0 Å². The normalized spacial score (nSPS) is 13.6. The van der Waals surface area contributed by atoms with Crippen molar-refractivity contribution in [2.24, 2.45) is 0 Å². The van der Waals surface area contributed by atoms with Gasteiger partial charge in [-0.2, -0.15) is 0 Å². The molecule has 0 saturated carbocycles. The summed E-state index contributed by atoms with van der Waals surface area (Å²) in [7, 11) is -3.07. The second-order valence-corrected chi connectivity index (χ2v) is 15.9. The molecule has 21 heavy (non-hydrogen) atoms. The van der Waals surface area contributed by atoms with E-state index in [1.807, 2.05) is 0 Å². The largest absolute Gasteiger partial charge is 0.455 e. The monoisotopic (exact) mass is 326 g/mol. The second-order valence-electron chi connectivity index (χ2n) is 7.26. The summed E-state index contributed by atoms with van der Waals surface area (Å²) in [6, 6.07) is 2.32. The van der Waals surface area contributed by atoms with Gasteiger partial charge in [-0.05, 0) is 51.1 Å². The van der Waals surface area contributed by atoms with Gasteiger partial charge >= 0.3 is 0 Å². The number of unbranched alkanes of at least 4 members (excludes halogenated alkanes) is 4. The topological polar surface area (TPSA) is 9.23 Å². The Balaban J connectivity index is 4.14. The predicted molar refractivity (Wildman–Crippen MR) is 103 cm³/mol. The van der Waals surface area contributed by atoms with Crippen molar-refractivity contribution >= 4 is 16.6 Å². The van der Waals surface area contributed by atoms with Crippen LogP contribution < -0.4 is 0 Å². The van der Waals surface area contributed by atoms with E-state index in [1.165, 1.54) is 38.5 Å². The molecule has 0 aromatic rings. The van der Waals surface area contributed by atoms with E-state index in [9.17, 15) is 0 Å². The van der Waals surface area contributed by atoms with Crippen molar-refractivity contribution < 1.29 is 4.12 Å². The summed E-state index contributed by atoms with van der Waals surface area (Å²) >= 11 is 0. The molecule has 0 unspecified atom stereocenters.